The number of fused-ring (bicyclic) bond motifs is 2. The highest BCUT2D eigenvalue weighted by atomic mass is 16.5. The summed E-state index contributed by atoms with van der Waals surface area (Å²) in [5.41, 5.74) is 2.00. The first-order valence-corrected chi connectivity index (χ1v) is 13.6. The van der Waals surface area contributed by atoms with Crippen LogP contribution in [-0.4, -0.2) is 18.4 Å². The van der Waals surface area contributed by atoms with E-state index in [4.69, 9.17) is 4.74 Å². The normalized spacial score (nSPS) is 51.4. The minimum absolute atomic E-state index is 0.0849. The van der Waals surface area contributed by atoms with Crippen LogP contribution >= 0.6 is 0 Å². The van der Waals surface area contributed by atoms with E-state index in [0.29, 0.717) is 33.5 Å². The molecule has 0 aliphatic heterocycles. The van der Waals surface area contributed by atoms with Gasteiger partial charge in [-0.15, -0.1) is 0 Å². The van der Waals surface area contributed by atoms with E-state index in [2.05, 4.69) is 34.6 Å². The summed E-state index contributed by atoms with van der Waals surface area (Å²) in [6.45, 7) is 14.1. The van der Waals surface area contributed by atoms with Crippen molar-refractivity contribution in [2.45, 2.75) is 118 Å². The third-order valence-electron chi connectivity index (χ3n) is 12.8. The molecule has 0 aromatic carbocycles. The molecule has 2 spiro atoms. The molecule has 3 nitrogen and oxygen atoms in total. The number of rotatable bonds is 5. The molecule has 3 heteroatoms. The molecule has 9 atom stereocenters. The Morgan fingerprint density at radius 2 is 1.62 bits per heavy atom. The van der Waals surface area contributed by atoms with Crippen molar-refractivity contribution in [1.29, 1.82) is 0 Å². The monoisotopic (exact) mass is 442 g/mol. The van der Waals surface area contributed by atoms with Crippen LogP contribution in [0.25, 0.3) is 0 Å². The van der Waals surface area contributed by atoms with Crippen molar-refractivity contribution in [2.75, 3.05) is 0 Å². The molecule has 5 aliphatic rings. The van der Waals surface area contributed by atoms with E-state index in [9.17, 15) is 9.59 Å². The quantitative estimate of drug-likeness (QED) is 0.341. The molecular weight excluding hydrogens is 396 g/mol. The number of esters is 1. The minimum atomic E-state index is -0.111. The van der Waals surface area contributed by atoms with Gasteiger partial charge in [-0.2, -0.15) is 0 Å². The molecule has 0 saturated heterocycles. The molecule has 0 aromatic heterocycles. The van der Waals surface area contributed by atoms with E-state index in [0.717, 1.165) is 37.4 Å². The second-order valence-corrected chi connectivity index (χ2v) is 13.8. The van der Waals surface area contributed by atoms with E-state index in [1.807, 2.05) is 0 Å². The largest absolute Gasteiger partial charge is 0.462 e. The van der Waals surface area contributed by atoms with Crippen LogP contribution in [0.15, 0.2) is 0 Å². The molecular formula is C29H46O3. The van der Waals surface area contributed by atoms with Crippen molar-refractivity contribution in [1.82, 2.24) is 0 Å². The highest BCUT2D eigenvalue weighted by molar-refractivity contribution is 5.66. The van der Waals surface area contributed by atoms with Gasteiger partial charge in [0.2, 0.25) is 0 Å². The van der Waals surface area contributed by atoms with Crippen LogP contribution < -0.4 is 0 Å². The zero-order chi connectivity index (χ0) is 23.2. The zero-order valence-electron chi connectivity index (χ0n) is 21.5. The van der Waals surface area contributed by atoms with E-state index in [1.165, 1.54) is 51.4 Å². The Kier molecular flexibility index (Phi) is 5.07. The maximum atomic E-state index is 11.8. The fraction of sp³-hybridized carbons (Fsp3) is 0.931. The van der Waals surface area contributed by atoms with Gasteiger partial charge in [0, 0.05) is 18.8 Å². The lowest BCUT2D eigenvalue weighted by Gasteiger charge is -2.63. The molecule has 0 aromatic rings. The van der Waals surface area contributed by atoms with Gasteiger partial charge in [-0.05, 0) is 110 Å². The molecule has 0 radical (unpaired) electrons. The molecule has 5 rings (SSSR count). The van der Waals surface area contributed by atoms with Gasteiger partial charge in [0.25, 0.3) is 0 Å². The van der Waals surface area contributed by atoms with Gasteiger partial charge < -0.3 is 9.53 Å². The fourth-order valence-electron chi connectivity index (χ4n) is 11.2. The predicted molar refractivity (Wildman–Crippen MR) is 127 cm³/mol. The zero-order valence-corrected chi connectivity index (χ0v) is 21.5. The SMILES string of the molecule is CC(=O)O[C@H]1CCC23C[C@]24CCC2(C)[C@@H]([C@H](C)CCC=O)CC[C@@]2(C)C4CCC3C1(C)C. The lowest BCUT2D eigenvalue weighted by atomic mass is 9.41. The Morgan fingerprint density at radius 1 is 0.938 bits per heavy atom. The smallest absolute Gasteiger partial charge is 0.302 e. The van der Waals surface area contributed by atoms with Crippen LogP contribution in [0.4, 0.5) is 0 Å². The minimum Gasteiger partial charge on any atom is -0.462 e. The molecule has 4 unspecified atom stereocenters. The average molecular weight is 443 g/mol. The molecule has 0 N–H and O–H groups in total. The Labute approximate surface area is 195 Å². The van der Waals surface area contributed by atoms with Crippen molar-refractivity contribution in [3.63, 3.8) is 0 Å². The summed E-state index contributed by atoms with van der Waals surface area (Å²) in [6, 6.07) is 0. The number of hydrogen-bond acceptors (Lipinski definition) is 3. The van der Waals surface area contributed by atoms with E-state index < -0.39 is 0 Å². The summed E-state index contributed by atoms with van der Waals surface area (Å²) in [7, 11) is 0. The number of hydrogen-bond donors (Lipinski definition) is 0. The van der Waals surface area contributed by atoms with Crippen LogP contribution in [0.1, 0.15) is 112 Å². The summed E-state index contributed by atoms with van der Waals surface area (Å²) >= 11 is 0. The maximum absolute atomic E-state index is 11.8. The van der Waals surface area contributed by atoms with E-state index >= 15 is 0 Å². The highest BCUT2D eigenvalue weighted by Gasteiger charge is 2.82. The number of carbonyl (C=O) groups excluding carboxylic acids is 2. The second-order valence-electron chi connectivity index (χ2n) is 13.8. The Bertz CT molecular complexity index is 802. The van der Waals surface area contributed by atoms with Crippen molar-refractivity contribution in [2.24, 2.45) is 50.7 Å². The standard InChI is InChI=1S/C29H46O3/c1-19(8-7-17-30)21-11-13-27(6)23-10-9-22-25(3,4)24(32-20(2)31)12-14-28(22)18-29(23,28)16-15-26(21,27)5/h17,19,21-24H,7-16,18H2,1-6H3/t19-,21-,22?,23?,24+,26?,27+,28?,29+/m1/s1. The second kappa shape index (κ2) is 7.08. The summed E-state index contributed by atoms with van der Waals surface area (Å²) in [5.74, 6) is 2.87. The average Bonchev–Trinajstić information content (AvgIpc) is 3.31. The van der Waals surface area contributed by atoms with Crippen molar-refractivity contribution in [3.05, 3.63) is 0 Å². The number of ether oxygens (including phenoxy) is 1. The molecule has 5 saturated carbocycles. The lowest BCUT2D eigenvalue weighted by Crippen LogP contribution is -2.58. The molecule has 32 heavy (non-hydrogen) atoms. The van der Waals surface area contributed by atoms with Gasteiger partial charge in [-0.3, -0.25) is 4.79 Å². The van der Waals surface area contributed by atoms with Crippen LogP contribution in [-0.2, 0) is 14.3 Å². The molecule has 180 valence electrons. The third kappa shape index (κ3) is 2.66. The number of carbonyl (C=O) groups is 2. The van der Waals surface area contributed by atoms with Gasteiger partial charge in [0.1, 0.15) is 12.4 Å². The van der Waals surface area contributed by atoms with Crippen molar-refractivity contribution in [3.8, 4) is 0 Å². The Hall–Kier alpha value is -0.860. The third-order valence-corrected chi connectivity index (χ3v) is 12.8. The van der Waals surface area contributed by atoms with Crippen LogP contribution in [0.5, 0.6) is 0 Å². The lowest BCUT2D eigenvalue weighted by molar-refractivity contribution is -0.181. The Morgan fingerprint density at radius 3 is 2.31 bits per heavy atom. The summed E-state index contributed by atoms with van der Waals surface area (Å²) in [6.07, 6.45) is 14.9. The van der Waals surface area contributed by atoms with Gasteiger partial charge >= 0.3 is 5.97 Å². The summed E-state index contributed by atoms with van der Waals surface area (Å²) in [5, 5.41) is 0. The molecule has 0 bridgehead atoms. The molecule has 5 aliphatic carbocycles. The first-order valence-electron chi connectivity index (χ1n) is 13.6. The maximum Gasteiger partial charge on any atom is 0.302 e. The van der Waals surface area contributed by atoms with Gasteiger partial charge in [-0.1, -0.05) is 34.6 Å². The van der Waals surface area contributed by atoms with Gasteiger partial charge in [0.15, 0.2) is 0 Å². The van der Waals surface area contributed by atoms with Crippen molar-refractivity contribution >= 4 is 12.3 Å². The van der Waals surface area contributed by atoms with Crippen LogP contribution in [0, 0.1) is 50.7 Å². The Balaban J connectivity index is 1.43. The fourth-order valence-corrected chi connectivity index (χ4v) is 11.2. The highest BCUT2D eigenvalue weighted by Crippen LogP contribution is 2.89. The first-order chi connectivity index (χ1) is 15.0. The first kappa shape index (κ1) is 22.9. The van der Waals surface area contributed by atoms with E-state index in [1.54, 1.807) is 6.92 Å². The number of aldehydes is 1. The van der Waals surface area contributed by atoms with Gasteiger partial charge in [0.05, 0.1) is 0 Å². The predicted octanol–water partition coefficient (Wildman–Crippen LogP) is 6.97. The van der Waals surface area contributed by atoms with Crippen LogP contribution in [0.3, 0.4) is 0 Å². The van der Waals surface area contributed by atoms with Crippen molar-refractivity contribution < 1.29 is 14.3 Å². The molecule has 0 heterocycles. The topological polar surface area (TPSA) is 43.4 Å². The molecule has 5 fully saturated rings. The summed E-state index contributed by atoms with van der Waals surface area (Å²) in [4.78, 5) is 22.8. The van der Waals surface area contributed by atoms with Crippen LogP contribution in [0.2, 0.25) is 0 Å². The van der Waals surface area contributed by atoms with E-state index in [-0.39, 0.29) is 17.5 Å². The summed E-state index contributed by atoms with van der Waals surface area (Å²) < 4.78 is 5.87. The van der Waals surface area contributed by atoms with Gasteiger partial charge in [-0.25, -0.2) is 0 Å². The molecule has 0 amide bonds.